The van der Waals surface area contributed by atoms with Crippen molar-refractivity contribution in [2.45, 2.75) is 0 Å². The Morgan fingerprint density at radius 3 is 1.88 bits per heavy atom. The van der Waals surface area contributed by atoms with Gasteiger partial charge < -0.3 is 5.11 Å². The van der Waals surface area contributed by atoms with Crippen LogP contribution in [-0.2, 0) is 0 Å². The lowest BCUT2D eigenvalue weighted by Gasteiger charge is -2.05. The summed E-state index contributed by atoms with van der Waals surface area (Å²) in [6, 6.07) is 27.0. The van der Waals surface area contributed by atoms with E-state index in [-0.39, 0.29) is 0 Å². The number of thiophene rings is 2. The van der Waals surface area contributed by atoms with Crippen molar-refractivity contribution in [1.29, 1.82) is 0 Å². The minimum absolute atomic E-state index is 0.330. The van der Waals surface area contributed by atoms with E-state index in [0.717, 1.165) is 16.0 Å². The third-order valence-electron chi connectivity index (χ3n) is 4.40. The molecular weight excluding hydrogens is 344 g/mol. The van der Waals surface area contributed by atoms with Gasteiger partial charge in [0.1, 0.15) is 5.75 Å². The topological polar surface area (TPSA) is 20.2 Å². The molecule has 0 aliphatic carbocycles. The van der Waals surface area contributed by atoms with E-state index in [4.69, 9.17) is 0 Å². The van der Waals surface area contributed by atoms with Gasteiger partial charge in [0.15, 0.2) is 0 Å². The van der Waals surface area contributed by atoms with Gasteiger partial charge in [0, 0.05) is 24.7 Å². The van der Waals surface area contributed by atoms with Gasteiger partial charge in [-0.15, -0.1) is 22.7 Å². The molecule has 25 heavy (non-hydrogen) atoms. The summed E-state index contributed by atoms with van der Waals surface area (Å²) < 4.78 is 2.53. The molecule has 0 unspecified atom stereocenters. The Morgan fingerprint density at radius 2 is 1.20 bits per heavy atom. The molecule has 0 saturated carbocycles. The minimum atomic E-state index is 0.330. The zero-order valence-corrected chi connectivity index (χ0v) is 14.9. The fraction of sp³-hybridized carbons (Fsp3) is 0. The number of rotatable bonds is 2. The summed E-state index contributed by atoms with van der Waals surface area (Å²) in [7, 11) is 0. The first-order chi connectivity index (χ1) is 12.3. The van der Waals surface area contributed by atoms with E-state index in [1.54, 1.807) is 28.7 Å². The van der Waals surface area contributed by atoms with Gasteiger partial charge in [-0.1, -0.05) is 36.4 Å². The first-order valence-corrected chi connectivity index (χ1v) is 9.72. The van der Waals surface area contributed by atoms with E-state index in [0.29, 0.717) is 5.75 Å². The van der Waals surface area contributed by atoms with Gasteiger partial charge in [0.2, 0.25) is 0 Å². The van der Waals surface area contributed by atoms with Gasteiger partial charge in [-0.25, -0.2) is 0 Å². The summed E-state index contributed by atoms with van der Waals surface area (Å²) in [6.45, 7) is 0. The lowest BCUT2D eigenvalue weighted by molar-refractivity contribution is 0.477. The Kier molecular flexibility index (Phi) is 3.37. The molecule has 1 N–H and O–H groups in total. The molecule has 5 rings (SSSR count). The van der Waals surface area contributed by atoms with Crippen LogP contribution in [0.1, 0.15) is 0 Å². The average molecular weight is 358 g/mol. The highest BCUT2D eigenvalue weighted by atomic mass is 32.1. The highest BCUT2D eigenvalue weighted by molar-refractivity contribution is 7.22. The molecule has 0 aliphatic rings. The predicted octanol–water partition coefficient (Wildman–Crippen LogP) is 7.16. The summed E-state index contributed by atoms with van der Waals surface area (Å²) in [5, 5.41) is 12.9. The SMILES string of the molecule is Oc1ccc(-c2cc3ccccc3s2)cc1-c1cc2ccccc2s1. The number of hydrogen-bond acceptors (Lipinski definition) is 3. The standard InChI is InChI=1S/C22H14OS2/c23-18-10-9-16(21-12-14-5-1-3-7-19(14)24-21)11-17(18)22-13-15-6-2-4-8-20(15)25-22/h1-13,23H. The molecule has 0 radical (unpaired) electrons. The van der Waals surface area contributed by atoms with Crippen LogP contribution in [0.25, 0.3) is 41.1 Å². The molecule has 0 saturated heterocycles. The molecule has 3 aromatic carbocycles. The molecule has 5 aromatic rings. The number of phenols is 1. The van der Waals surface area contributed by atoms with Gasteiger partial charge in [-0.05, 0) is 58.8 Å². The zero-order valence-electron chi connectivity index (χ0n) is 13.3. The second kappa shape index (κ2) is 5.73. The maximum Gasteiger partial charge on any atom is 0.124 e. The summed E-state index contributed by atoms with van der Waals surface area (Å²) in [4.78, 5) is 2.32. The van der Waals surface area contributed by atoms with Gasteiger partial charge in [-0.3, -0.25) is 0 Å². The van der Waals surface area contributed by atoms with Crippen molar-refractivity contribution in [3.05, 3.63) is 78.9 Å². The largest absolute Gasteiger partial charge is 0.507 e. The van der Waals surface area contributed by atoms with E-state index in [9.17, 15) is 5.11 Å². The number of phenolic OH excluding ortho intramolecular Hbond substituents is 1. The van der Waals surface area contributed by atoms with Crippen LogP contribution in [-0.4, -0.2) is 5.11 Å². The molecule has 0 aliphatic heterocycles. The Labute approximate surface area is 153 Å². The number of hydrogen-bond donors (Lipinski definition) is 1. The second-order valence-electron chi connectivity index (χ2n) is 6.03. The lowest BCUT2D eigenvalue weighted by Crippen LogP contribution is -1.78. The quantitative estimate of drug-likeness (QED) is 0.355. The van der Waals surface area contributed by atoms with Crippen LogP contribution in [0.3, 0.4) is 0 Å². The fourth-order valence-electron chi connectivity index (χ4n) is 3.13. The van der Waals surface area contributed by atoms with Crippen molar-refractivity contribution < 1.29 is 5.11 Å². The Balaban J connectivity index is 1.66. The van der Waals surface area contributed by atoms with Crippen molar-refractivity contribution in [3.8, 4) is 26.6 Å². The first-order valence-electron chi connectivity index (χ1n) is 8.09. The van der Waals surface area contributed by atoms with Crippen LogP contribution in [0.15, 0.2) is 78.9 Å². The van der Waals surface area contributed by atoms with Gasteiger partial charge in [0.25, 0.3) is 0 Å². The van der Waals surface area contributed by atoms with Crippen LogP contribution in [0.2, 0.25) is 0 Å². The summed E-state index contributed by atoms with van der Waals surface area (Å²) in [5.41, 5.74) is 2.04. The van der Waals surface area contributed by atoms with Crippen molar-refractivity contribution >= 4 is 42.8 Å². The minimum Gasteiger partial charge on any atom is -0.507 e. The highest BCUT2D eigenvalue weighted by Gasteiger charge is 2.12. The summed E-state index contributed by atoms with van der Waals surface area (Å²) >= 11 is 3.50. The van der Waals surface area contributed by atoms with Crippen LogP contribution >= 0.6 is 22.7 Å². The molecule has 2 heterocycles. The monoisotopic (exact) mass is 358 g/mol. The highest BCUT2D eigenvalue weighted by Crippen LogP contribution is 2.41. The predicted molar refractivity (Wildman–Crippen MR) is 110 cm³/mol. The lowest BCUT2D eigenvalue weighted by atomic mass is 10.1. The summed E-state index contributed by atoms with van der Waals surface area (Å²) in [5.74, 6) is 0.330. The molecule has 0 atom stereocenters. The van der Waals surface area contributed by atoms with Gasteiger partial charge >= 0.3 is 0 Å². The Bertz CT molecular complexity index is 1150. The fourth-order valence-corrected chi connectivity index (χ4v) is 5.27. The molecular formula is C22H14OS2. The molecule has 0 bridgehead atoms. The third-order valence-corrected chi connectivity index (χ3v) is 6.71. The van der Waals surface area contributed by atoms with E-state index >= 15 is 0 Å². The Morgan fingerprint density at radius 1 is 0.600 bits per heavy atom. The average Bonchev–Trinajstić information content (AvgIpc) is 3.26. The molecule has 0 amide bonds. The van der Waals surface area contributed by atoms with Crippen molar-refractivity contribution in [3.63, 3.8) is 0 Å². The molecule has 0 fully saturated rings. The van der Waals surface area contributed by atoms with Crippen LogP contribution in [0, 0.1) is 0 Å². The molecule has 1 nitrogen and oxygen atoms in total. The summed E-state index contributed by atoms with van der Waals surface area (Å²) in [6.07, 6.45) is 0. The van der Waals surface area contributed by atoms with Crippen LogP contribution in [0.4, 0.5) is 0 Å². The molecule has 3 heteroatoms. The number of benzene rings is 3. The maximum atomic E-state index is 10.4. The molecule has 0 spiro atoms. The first kappa shape index (κ1) is 14.7. The Hall–Kier alpha value is -2.62. The van der Waals surface area contributed by atoms with Crippen molar-refractivity contribution in [1.82, 2.24) is 0 Å². The second-order valence-corrected chi connectivity index (χ2v) is 8.20. The third kappa shape index (κ3) is 2.53. The molecule has 2 aromatic heterocycles. The van der Waals surface area contributed by atoms with E-state index < -0.39 is 0 Å². The van der Waals surface area contributed by atoms with Crippen LogP contribution in [0.5, 0.6) is 5.75 Å². The smallest absolute Gasteiger partial charge is 0.124 e. The molecule has 120 valence electrons. The number of aromatic hydroxyl groups is 1. The van der Waals surface area contributed by atoms with E-state index in [1.165, 1.54) is 25.0 Å². The van der Waals surface area contributed by atoms with Crippen LogP contribution < -0.4 is 0 Å². The van der Waals surface area contributed by atoms with Crippen molar-refractivity contribution in [2.75, 3.05) is 0 Å². The van der Waals surface area contributed by atoms with Gasteiger partial charge in [0.05, 0.1) is 0 Å². The zero-order chi connectivity index (χ0) is 16.8. The van der Waals surface area contributed by atoms with E-state index in [2.05, 4.69) is 60.7 Å². The van der Waals surface area contributed by atoms with E-state index in [1.807, 2.05) is 12.1 Å². The number of fused-ring (bicyclic) bond motifs is 2. The normalized spacial score (nSPS) is 11.4. The van der Waals surface area contributed by atoms with Gasteiger partial charge in [-0.2, -0.15) is 0 Å². The maximum absolute atomic E-state index is 10.4. The van der Waals surface area contributed by atoms with Crippen molar-refractivity contribution in [2.24, 2.45) is 0 Å².